The molecule has 1 fully saturated rings. The number of amidine groups is 1. The smallest absolute Gasteiger partial charge is 0.243 e. The van der Waals surface area contributed by atoms with Crippen LogP contribution in [0.5, 0.6) is 0 Å². The highest BCUT2D eigenvalue weighted by atomic mass is 32.2. The minimum Gasteiger partial charge on any atom is -0.467 e. The largest absolute Gasteiger partial charge is 0.467 e. The topological polar surface area (TPSA) is 74.9 Å². The van der Waals surface area contributed by atoms with Crippen LogP contribution in [0, 0.1) is 20.8 Å². The summed E-state index contributed by atoms with van der Waals surface area (Å²) in [6.45, 7) is 6.20. The Morgan fingerprint density at radius 1 is 1.06 bits per heavy atom. The number of anilines is 1. The average molecular weight is 448 g/mol. The molecule has 1 atom stereocenters. The summed E-state index contributed by atoms with van der Waals surface area (Å²) in [7, 11) is 0. The molecular formula is C25H25N3O3S. The van der Waals surface area contributed by atoms with Gasteiger partial charge in [-0.15, -0.1) is 0 Å². The van der Waals surface area contributed by atoms with Gasteiger partial charge in [0.05, 0.1) is 18.5 Å². The van der Waals surface area contributed by atoms with E-state index in [1.807, 2.05) is 69.3 Å². The highest BCUT2D eigenvalue weighted by molar-refractivity contribution is 8.15. The Morgan fingerprint density at radius 3 is 2.44 bits per heavy atom. The van der Waals surface area contributed by atoms with Gasteiger partial charge in [0.1, 0.15) is 11.0 Å². The number of nitrogens with one attached hydrogen (secondary N) is 1. The maximum absolute atomic E-state index is 13.2. The monoisotopic (exact) mass is 447 g/mol. The van der Waals surface area contributed by atoms with Gasteiger partial charge in [-0.2, -0.15) is 0 Å². The molecule has 1 saturated heterocycles. The first-order valence-electron chi connectivity index (χ1n) is 10.4. The number of carbonyl (C=O) groups excluding carboxylic acids is 2. The van der Waals surface area contributed by atoms with Gasteiger partial charge < -0.3 is 9.73 Å². The number of furan rings is 1. The molecule has 0 unspecified atom stereocenters. The molecule has 4 rings (SSSR count). The van der Waals surface area contributed by atoms with Crippen molar-refractivity contribution in [1.82, 2.24) is 4.90 Å². The Bertz CT molecular complexity index is 1130. The van der Waals surface area contributed by atoms with Gasteiger partial charge in [-0.05, 0) is 56.2 Å². The van der Waals surface area contributed by atoms with Crippen molar-refractivity contribution in [2.75, 3.05) is 5.32 Å². The van der Waals surface area contributed by atoms with Gasteiger partial charge in [0.2, 0.25) is 11.8 Å². The second kappa shape index (κ2) is 9.44. The van der Waals surface area contributed by atoms with Gasteiger partial charge in [-0.1, -0.05) is 47.7 Å². The standard InChI is InChI=1S/C25H25N3O3S/c1-16-9-11-19(12-10-16)26-25-28(15-20-8-5-13-31-20)24(30)21(32-25)14-22(29)27-23-17(2)6-4-7-18(23)3/h4-13,21H,14-15H2,1-3H3,(H,27,29)/t21-/m1/s1. The van der Waals surface area contributed by atoms with E-state index < -0.39 is 5.25 Å². The lowest BCUT2D eigenvalue weighted by Gasteiger charge is -2.15. The highest BCUT2D eigenvalue weighted by Crippen LogP contribution is 2.33. The average Bonchev–Trinajstić information content (AvgIpc) is 3.37. The number of para-hydroxylation sites is 1. The summed E-state index contributed by atoms with van der Waals surface area (Å²) in [5.41, 5.74) is 4.68. The quantitative estimate of drug-likeness (QED) is 0.552. The molecular weight excluding hydrogens is 422 g/mol. The number of rotatable bonds is 6. The SMILES string of the molecule is Cc1ccc(N=C2S[C@H](CC(=O)Nc3c(C)cccc3C)C(=O)N2Cc2ccco2)cc1. The minimum atomic E-state index is -0.543. The van der Waals surface area contributed by atoms with Crippen LogP contribution in [0.2, 0.25) is 0 Å². The van der Waals surface area contributed by atoms with Crippen LogP contribution in [0.1, 0.15) is 28.9 Å². The lowest BCUT2D eigenvalue weighted by molar-refractivity contribution is -0.128. The molecule has 3 aromatic rings. The van der Waals surface area contributed by atoms with Crippen molar-refractivity contribution in [3.05, 3.63) is 83.3 Å². The summed E-state index contributed by atoms with van der Waals surface area (Å²) in [5.74, 6) is 0.327. The van der Waals surface area contributed by atoms with Crippen molar-refractivity contribution in [3.63, 3.8) is 0 Å². The first kappa shape index (κ1) is 21.9. The van der Waals surface area contributed by atoms with E-state index in [4.69, 9.17) is 9.41 Å². The maximum Gasteiger partial charge on any atom is 0.243 e. The van der Waals surface area contributed by atoms with E-state index in [0.29, 0.717) is 10.9 Å². The molecule has 1 N–H and O–H groups in total. The van der Waals surface area contributed by atoms with Gasteiger partial charge in [0.15, 0.2) is 5.17 Å². The second-order valence-corrected chi connectivity index (χ2v) is 9.03. The van der Waals surface area contributed by atoms with E-state index in [1.165, 1.54) is 11.8 Å². The molecule has 1 aromatic heterocycles. The number of nitrogens with zero attached hydrogens (tertiary/aromatic N) is 2. The summed E-state index contributed by atoms with van der Waals surface area (Å²) in [5, 5.41) is 3.00. The Hall–Kier alpha value is -3.32. The summed E-state index contributed by atoms with van der Waals surface area (Å²) < 4.78 is 5.44. The number of aliphatic imine (C=N–C) groups is 1. The molecule has 2 amide bonds. The number of benzene rings is 2. The molecule has 2 heterocycles. The minimum absolute atomic E-state index is 0.0683. The number of aryl methyl sites for hydroxylation is 3. The molecule has 0 saturated carbocycles. The Labute approximate surface area is 191 Å². The highest BCUT2D eigenvalue weighted by Gasteiger charge is 2.39. The summed E-state index contributed by atoms with van der Waals surface area (Å²) >= 11 is 1.32. The van der Waals surface area contributed by atoms with Crippen LogP contribution in [-0.2, 0) is 16.1 Å². The van der Waals surface area contributed by atoms with Crippen LogP contribution in [0.3, 0.4) is 0 Å². The van der Waals surface area contributed by atoms with Crippen molar-refractivity contribution in [3.8, 4) is 0 Å². The van der Waals surface area contributed by atoms with Crippen LogP contribution < -0.4 is 5.32 Å². The molecule has 6 nitrogen and oxygen atoms in total. The number of carbonyl (C=O) groups is 2. The zero-order valence-corrected chi connectivity index (χ0v) is 19.1. The fourth-order valence-electron chi connectivity index (χ4n) is 3.53. The van der Waals surface area contributed by atoms with Gasteiger partial charge in [0, 0.05) is 12.1 Å². The Kier molecular flexibility index (Phi) is 6.46. The van der Waals surface area contributed by atoms with Crippen LogP contribution in [0.15, 0.2) is 70.3 Å². The van der Waals surface area contributed by atoms with Crippen LogP contribution in [-0.4, -0.2) is 27.1 Å². The molecule has 0 bridgehead atoms. The van der Waals surface area contributed by atoms with Crippen molar-refractivity contribution >= 4 is 40.1 Å². The second-order valence-electron chi connectivity index (χ2n) is 7.86. The van der Waals surface area contributed by atoms with Gasteiger partial charge in [-0.25, -0.2) is 4.99 Å². The zero-order chi connectivity index (χ0) is 22.7. The van der Waals surface area contributed by atoms with Gasteiger partial charge in [-0.3, -0.25) is 14.5 Å². The van der Waals surface area contributed by atoms with Crippen molar-refractivity contribution in [2.45, 2.75) is 39.0 Å². The van der Waals surface area contributed by atoms with Crippen molar-refractivity contribution in [1.29, 1.82) is 0 Å². The van der Waals surface area contributed by atoms with E-state index in [9.17, 15) is 9.59 Å². The zero-order valence-electron chi connectivity index (χ0n) is 18.3. The molecule has 0 aliphatic carbocycles. The fraction of sp³-hybridized carbons (Fsp3) is 0.240. The summed E-state index contributed by atoms with van der Waals surface area (Å²) in [6.07, 6.45) is 1.65. The third-order valence-electron chi connectivity index (χ3n) is 5.29. The Balaban J connectivity index is 1.54. The van der Waals surface area contributed by atoms with Crippen LogP contribution in [0.25, 0.3) is 0 Å². The molecule has 1 aliphatic heterocycles. The normalized spacial score (nSPS) is 17.2. The van der Waals surface area contributed by atoms with Crippen LogP contribution in [0.4, 0.5) is 11.4 Å². The van der Waals surface area contributed by atoms with E-state index in [0.717, 1.165) is 28.1 Å². The van der Waals surface area contributed by atoms with Gasteiger partial charge >= 0.3 is 0 Å². The third-order valence-corrected chi connectivity index (χ3v) is 6.46. The number of thioether (sulfide) groups is 1. The molecule has 7 heteroatoms. The predicted molar refractivity (Wildman–Crippen MR) is 128 cm³/mol. The first-order valence-corrected chi connectivity index (χ1v) is 11.3. The summed E-state index contributed by atoms with van der Waals surface area (Å²) in [4.78, 5) is 32.3. The lowest BCUT2D eigenvalue weighted by Crippen LogP contribution is -2.33. The predicted octanol–water partition coefficient (Wildman–Crippen LogP) is 5.37. The van der Waals surface area contributed by atoms with E-state index in [1.54, 1.807) is 17.2 Å². The van der Waals surface area contributed by atoms with Crippen molar-refractivity contribution in [2.24, 2.45) is 4.99 Å². The van der Waals surface area contributed by atoms with E-state index >= 15 is 0 Å². The molecule has 0 radical (unpaired) electrons. The van der Waals surface area contributed by atoms with Crippen molar-refractivity contribution < 1.29 is 14.0 Å². The number of hydrogen-bond donors (Lipinski definition) is 1. The third kappa shape index (κ3) is 4.94. The molecule has 0 spiro atoms. The van der Waals surface area contributed by atoms with Crippen LogP contribution >= 0.6 is 11.8 Å². The molecule has 1 aliphatic rings. The van der Waals surface area contributed by atoms with E-state index in [-0.39, 0.29) is 24.8 Å². The van der Waals surface area contributed by atoms with Gasteiger partial charge in [0.25, 0.3) is 0 Å². The molecule has 2 aromatic carbocycles. The number of amides is 2. The number of hydrogen-bond acceptors (Lipinski definition) is 5. The maximum atomic E-state index is 13.2. The summed E-state index contributed by atoms with van der Waals surface area (Å²) in [6, 6.07) is 17.3. The fourth-order valence-corrected chi connectivity index (χ4v) is 4.69. The first-order chi connectivity index (χ1) is 15.4. The Morgan fingerprint density at radius 2 is 1.78 bits per heavy atom. The van der Waals surface area contributed by atoms with E-state index in [2.05, 4.69) is 5.32 Å². The lowest BCUT2D eigenvalue weighted by atomic mass is 10.1. The molecule has 32 heavy (non-hydrogen) atoms. The molecule has 164 valence electrons.